The van der Waals surface area contributed by atoms with E-state index in [9.17, 15) is 20.2 Å². The first-order valence-corrected chi connectivity index (χ1v) is 7.37. The first-order valence-electron chi connectivity index (χ1n) is 7.37. The van der Waals surface area contributed by atoms with Crippen LogP contribution in [0.3, 0.4) is 0 Å². The molecule has 1 N–H and O–H groups in total. The molecule has 0 amide bonds. The smallest absolute Gasteiger partial charge is 0.301 e. The van der Waals surface area contributed by atoms with Gasteiger partial charge in [0.1, 0.15) is 5.69 Å². The number of hydrogen-bond acceptors (Lipinski definition) is 8. The second-order valence-corrected chi connectivity index (χ2v) is 5.03. The highest BCUT2D eigenvalue weighted by atomic mass is 16.6. The molecule has 0 atom stereocenters. The van der Waals surface area contributed by atoms with E-state index in [2.05, 4.69) is 10.5 Å². The average Bonchev–Trinajstić information content (AvgIpc) is 2.64. The molecule has 2 rings (SSSR count). The summed E-state index contributed by atoms with van der Waals surface area (Å²) in [5.41, 5.74) is 2.69. The van der Waals surface area contributed by atoms with Gasteiger partial charge in [0.15, 0.2) is 11.5 Å². The van der Waals surface area contributed by atoms with Gasteiger partial charge < -0.3 is 9.47 Å². The van der Waals surface area contributed by atoms with E-state index in [0.717, 1.165) is 11.6 Å². The van der Waals surface area contributed by atoms with Crippen LogP contribution in [0.15, 0.2) is 41.5 Å². The third-order valence-corrected chi connectivity index (χ3v) is 3.44. The SMILES string of the molecule is COc1ccc(C/C=N/Nc2ccc([N+](=O)[O-])cc2[N+](=O)[O-])cc1OC. The molecule has 0 aliphatic heterocycles. The van der Waals surface area contributed by atoms with Crippen molar-refractivity contribution in [2.24, 2.45) is 5.10 Å². The van der Waals surface area contributed by atoms with Crippen molar-refractivity contribution < 1.29 is 19.3 Å². The molecule has 0 saturated heterocycles. The van der Waals surface area contributed by atoms with Crippen molar-refractivity contribution in [1.82, 2.24) is 0 Å². The molecule has 0 heterocycles. The van der Waals surface area contributed by atoms with Crippen LogP contribution in [0.2, 0.25) is 0 Å². The molecule has 136 valence electrons. The second kappa shape index (κ2) is 8.42. The van der Waals surface area contributed by atoms with E-state index in [1.165, 1.54) is 25.5 Å². The van der Waals surface area contributed by atoms with Gasteiger partial charge in [-0.05, 0) is 23.8 Å². The lowest BCUT2D eigenvalue weighted by atomic mass is 10.1. The Bertz CT molecular complexity index is 853. The molecular weight excluding hydrogens is 344 g/mol. The van der Waals surface area contributed by atoms with Crippen molar-refractivity contribution >= 4 is 23.3 Å². The van der Waals surface area contributed by atoms with Crippen molar-refractivity contribution in [2.45, 2.75) is 6.42 Å². The van der Waals surface area contributed by atoms with Crippen LogP contribution in [0.1, 0.15) is 5.56 Å². The first-order chi connectivity index (χ1) is 12.5. The quantitative estimate of drug-likeness (QED) is 0.435. The summed E-state index contributed by atoms with van der Waals surface area (Å²) in [6, 6.07) is 8.67. The van der Waals surface area contributed by atoms with Gasteiger partial charge in [-0.1, -0.05) is 6.07 Å². The van der Waals surface area contributed by atoms with Crippen LogP contribution in [0.25, 0.3) is 0 Å². The van der Waals surface area contributed by atoms with Crippen molar-refractivity contribution in [1.29, 1.82) is 0 Å². The molecule has 0 spiro atoms. The first kappa shape index (κ1) is 18.6. The topological polar surface area (TPSA) is 129 Å². The van der Waals surface area contributed by atoms with Gasteiger partial charge in [-0.3, -0.25) is 25.7 Å². The Morgan fingerprint density at radius 2 is 1.77 bits per heavy atom. The number of benzene rings is 2. The Morgan fingerprint density at radius 3 is 2.38 bits per heavy atom. The summed E-state index contributed by atoms with van der Waals surface area (Å²) in [5, 5.41) is 25.7. The molecule has 2 aromatic rings. The lowest BCUT2D eigenvalue weighted by Gasteiger charge is -2.08. The van der Waals surface area contributed by atoms with Crippen LogP contribution in [0, 0.1) is 20.2 Å². The van der Waals surface area contributed by atoms with E-state index < -0.39 is 15.5 Å². The van der Waals surface area contributed by atoms with Gasteiger partial charge in [0.25, 0.3) is 5.69 Å². The zero-order chi connectivity index (χ0) is 19.1. The van der Waals surface area contributed by atoms with E-state index in [1.54, 1.807) is 19.2 Å². The number of hydrogen-bond donors (Lipinski definition) is 1. The zero-order valence-electron chi connectivity index (χ0n) is 14.0. The average molecular weight is 360 g/mol. The maximum Gasteiger partial charge on any atom is 0.301 e. The number of nitrogens with zero attached hydrogens (tertiary/aromatic N) is 3. The Balaban J connectivity index is 2.09. The number of nitro benzene ring substituents is 2. The minimum Gasteiger partial charge on any atom is -0.493 e. The van der Waals surface area contributed by atoms with E-state index >= 15 is 0 Å². The van der Waals surface area contributed by atoms with Crippen LogP contribution in [-0.2, 0) is 6.42 Å². The standard InChI is InChI=1S/C16H16N4O6/c1-25-15-6-3-11(9-16(15)26-2)7-8-17-18-13-5-4-12(19(21)22)10-14(13)20(23)24/h3-6,8-10,18H,7H2,1-2H3/b17-8+. The molecule has 0 bridgehead atoms. The molecule has 0 radical (unpaired) electrons. The van der Waals surface area contributed by atoms with Gasteiger partial charge in [0.05, 0.1) is 30.1 Å². The van der Waals surface area contributed by atoms with Crippen molar-refractivity contribution in [2.75, 3.05) is 19.6 Å². The van der Waals surface area contributed by atoms with Gasteiger partial charge in [0, 0.05) is 18.7 Å². The van der Waals surface area contributed by atoms with Gasteiger partial charge in [-0.15, -0.1) is 0 Å². The molecular formula is C16H16N4O6. The third-order valence-electron chi connectivity index (χ3n) is 3.44. The molecule has 2 aromatic carbocycles. The van der Waals surface area contributed by atoms with Gasteiger partial charge in [-0.25, -0.2) is 0 Å². The maximum atomic E-state index is 11.0. The molecule has 0 unspecified atom stereocenters. The highest BCUT2D eigenvalue weighted by Gasteiger charge is 2.19. The number of nitro groups is 2. The van der Waals surface area contributed by atoms with Crippen LogP contribution in [-0.4, -0.2) is 30.3 Å². The maximum absolute atomic E-state index is 11.0. The minimum atomic E-state index is -0.709. The van der Waals surface area contributed by atoms with Crippen LogP contribution in [0.4, 0.5) is 17.1 Å². The largest absolute Gasteiger partial charge is 0.493 e. The fourth-order valence-electron chi connectivity index (χ4n) is 2.15. The van der Waals surface area contributed by atoms with Crippen LogP contribution >= 0.6 is 0 Å². The second-order valence-electron chi connectivity index (χ2n) is 5.03. The summed E-state index contributed by atoms with van der Waals surface area (Å²) in [6.45, 7) is 0. The highest BCUT2D eigenvalue weighted by Crippen LogP contribution is 2.29. The summed E-state index contributed by atoms with van der Waals surface area (Å²) < 4.78 is 10.4. The number of hydrazone groups is 1. The van der Waals surface area contributed by atoms with Crippen LogP contribution in [0.5, 0.6) is 11.5 Å². The Hall–Kier alpha value is -3.69. The molecule has 0 aromatic heterocycles. The predicted octanol–water partition coefficient (Wildman–Crippen LogP) is 3.16. The number of ether oxygens (including phenoxy) is 2. The molecule has 10 nitrogen and oxygen atoms in total. The van der Waals surface area contributed by atoms with E-state index in [0.29, 0.717) is 17.9 Å². The number of anilines is 1. The summed E-state index contributed by atoms with van der Waals surface area (Å²) in [5.74, 6) is 1.19. The Labute approximate surface area is 148 Å². The lowest BCUT2D eigenvalue weighted by Crippen LogP contribution is -1.99. The third kappa shape index (κ3) is 4.44. The van der Waals surface area contributed by atoms with E-state index in [-0.39, 0.29) is 11.4 Å². The summed E-state index contributed by atoms with van der Waals surface area (Å²) in [7, 11) is 3.07. The number of non-ortho nitro benzene ring substituents is 1. The van der Waals surface area contributed by atoms with Gasteiger partial charge in [0.2, 0.25) is 0 Å². The van der Waals surface area contributed by atoms with Crippen molar-refractivity contribution in [3.05, 3.63) is 62.2 Å². The Morgan fingerprint density at radius 1 is 1.04 bits per heavy atom. The molecule has 10 heteroatoms. The fraction of sp³-hybridized carbons (Fsp3) is 0.188. The van der Waals surface area contributed by atoms with Crippen molar-refractivity contribution in [3.63, 3.8) is 0 Å². The normalized spacial score (nSPS) is 10.5. The van der Waals surface area contributed by atoms with Gasteiger partial charge in [-0.2, -0.15) is 5.10 Å². The minimum absolute atomic E-state index is 0.0594. The molecule has 0 aliphatic rings. The summed E-state index contributed by atoms with van der Waals surface area (Å²) in [6.07, 6.45) is 1.96. The predicted molar refractivity (Wildman–Crippen MR) is 95.1 cm³/mol. The van der Waals surface area contributed by atoms with Crippen LogP contribution < -0.4 is 14.9 Å². The molecule has 26 heavy (non-hydrogen) atoms. The van der Waals surface area contributed by atoms with E-state index in [4.69, 9.17) is 9.47 Å². The molecule has 0 saturated carbocycles. The zero-order valence-corrected chi connectivity index (χ0v) is 14.0. The van der Waals surface area contributed by atoms with Crippen molar-refractivity contribution in [3.8, 4) is 11.5 Å². The monoisotopic (exact) mass is 360 g/mol. The number of rotatable bonds is 8. The highest BCUT2D eigenvalue weighted by molar-refractivity contribution is 5.68. The fourth-order valence-corrected chi connectivity index (χ4v) is 2.15. The molecule has 0 fully saturated rings. The van der Waals surface area contributed by atoms with E-state index in [1.807, 2.05) is 6.07 Å². The number of methoxy groups -OCH3 is 2. The summed E-state index contributed by atoms with van der Waals surface area (Å²) in [4.78, 5) is 20.4. The Kier molecular flexibility index (Phi) is 6.04. The van der Waals surface area contributed by atoms with Gasteiger partial charge >= 0.3 is 5.69 Å². The summed E-state index contributed by atoms with van der Waals surface area (Å²) >= 11 is 0. The molecule has 0 aliphatic carbocycles. The lowest BCUT2D eigenvalue weighted by molar-refractivity contribution is -0.393. The number of nitrogens with one attached hydrogen (secondary N) is 1.